The van der Waals surface area contributed by atoms with Crippen molar-refractivity contribution in [1.29, 1.82) is 0 Å². The summed E-state index contributed by atoms with van der Waals surface area (Å²) in [7, 11) is 0. The highest BCUT2D eigenvalue weighted by molar-refractivity contribution is 5.95. The molecule has 0 radical (unpaired) electrons. The number of rotatable bonds is 6. The molecule has 0 spiro atoms. The Labute approximate surface area is 120 Å². The number of ether oxygens (including phenoxy) is 1. The van der Waals surface area contributed by atoms with Crippen LogP contribution in [0.1, 0.15) is 30.1 Å². The molecule has 110 valence electrons. The first-order chi connectivity index (χ1) is 9.70. The van der Waals surface area contributed by atoms with Crippen LogP contribution in [0.3, 0.4) is 0 Å². The van der Waals surface area contributed by atoms with E-state index in [-0.39, 0.29) is 5.91 Å². The molecule has 0 aromatic heterocycles. The summed E-state index contributed by atoms with van der Waals surface area (Å²) in [6.07, 6.45) is 2.53. The molecular formula is C15H23N3O2. The minimum atomic E-state index is -0.0843. The number of amides is 1. The number of nitrogens with two attached hydrogens (primary N) is 1. The summed E-state index contributed by atoms with van der Waals surface area (Å²) < 4.78 is 5.36. The number of nitrogens with zero attached hydrogens (tertiary/aromatic N) is 1. The van der Waals surface area contributed by atoms with Crippen LogP contribution in [-0.4, -0.2) is 43.6 Å². The van der Waals surface area contributed by atoms with Crippen molar-refractivity contribution < 1.29 is 9.53 Å². The Morgan fingerprint density at radius 1 is 1.40 bits per heavy atom. The first-order valence-corrected chi connectivity index (χ1v) is 7.23. The number of carbonyl (C=O) groups is 1. The Kier molecular flexibility index (Phi) is 5.24. The highest BCUT2D eigenvalue weighted by Gasteiger charge is 2.12. The van der Waals surface area contributed by atoms with E-state index in [1.807, 2.05) is 6.92 Å². The zero-order valence-corrected chi connectivity index (χ0v) is 12.0. The maximum Gasteiger partial charge on any atom is 0.251 e. The molecule has 0 bridgehead atoms. The van der Waals surface area contributed by atoms with E-state index >= 15 is 0 Å². The Balaban J connectivity index is 1.83. The van der Waals surface area contributed by atoms with Gasteiger partial charge in [0.1, 0.15) is 5.75 Å². The van der Waals surface area contributed by atoms with E-state index in [1.165, 1.54) is 12.8 Å². The van der Waals surface area contributed by atoms with Crippen molar-refractivity contribution in [3.63, 3.8) is 0 Å². The summed E-state index contributed by atoms with van der Waals surface area (Å²) in [5.41, 5.74) is 6.94. The SMILES string of the molecule is CCOc1ccc(C(=O)NCCN2CCCC2)cc1N. The summed E-state index contributed by atoms with van der Waals surface area (Å²) in [6.45, 7) is 6.34. The Morgan fingerprint density at radius 2 is 2.15 bits per heavy atom. The van der Waals surface area contributed by atoms with Gasteiger partial charge in [0.05, 0.1) is 12.3 Å². The fourth-order valence-electron chi connectivity index (χ4n) is 2.41. The number of benzene rings is 1. The molecule has 1 aromatic carbocycles. The lowest BCUT2D eigenvalue weighted by atomic mass is 10.1. The lowest BCUT2D eigenvalue weighted by Gasteiger charge is -2.15. The average Bonchev–Trinajstić information content (AvgIpc) is 2.94. The van der Waals surface area contributed by atoms with Crippen LogP contribution in [-0.2, 0) is 0 Å². The molecule has 1 heterocycles. The van der Waals surface area contributed by atoms with E-state index in [2.05, 4.69) is 10.2 Å². The van der Waals surface area contributed by atoms with Crippen molar-refractivity contribution in [2.45, 2.75) is 19.8 Å². The van der Waals surface area contributed by atoms with Gasteiger partial charge in [0.2, 0.25) is 0 Å². The van der Waals surface area contributed by atoms with Gasteiger partial charge in [0.25, 0.3) is 5.91 Å². The van der Waals surface area contributed by atoms with Crippen molar-refractivity contribution in [3.8, 4) is 5.75 Å². The van der Waals surface area contributed by atoms with Gasteiger partial charge < -0.3 is 20.7 Å². The van der Waals surface area contributed by atoms with E-state index < -0.39 is 0 Å². The molecule has 0 unspecified atom stereocenters. The highest BCUT2D eigenvalue weighted by Crippen LogP contribution is 2.22. The van der Waals surface area contributed by atoms with Gasteiger partial charge in [0.15, 0.2) is 0 Å². The van der Waals surface area contributed by atoms with Gasteiger partial charge in [-0.2, -0.15) is 0 Å². The third kappa shape index (κ3) is 3.87. The van der Waals surface area contributed by atoms with E-state index in [0.29, 0.717) is 30.2 Å². The molecule has 1 amide bonds. The number of nitrogen functional groups attached to an aromatic ring is 1. The second-order valence-electron chi connectivity index (χ2n) is 4.99. The molecular weight excluding hydrogens is 254 g/mol. The smallest absolute Gasteiger partial charge is 0.251 e. The number of nitrogens with one attached hydrogen (secondary N) is 1. The molecule has 5 heteroatoms. The third-order valence-electron chi connectivity index (χ3n) is 3.48. The number of anilines is 1. The van der Waals surface area contributed by atoms with Crippen LogP contribution in [0.2, 0.25) is 0 Å². The topological polar surface area (TPSA) is 67.6 Å². The largest absolute Gasteiger partial charge is 0.492 e. The van der Waals surface area contributed by atoms with Crippen molar-refractivity contribution in [2.75, 3.05) is 38.5 Å². The van der Waals surface area contributed by atoms with Gasteiger partial charge in [0, 0.05) is 18.7 Å². The van der Waals surface area contributed by atoms with E-state index in [1.54, 1.807) is 18.2 Å². The predicted molar refractivity (Wildman–Crippen MR) is 80.0 cm³/mol. The van der Waals surface area contributed by atoms with Crippen molar-refractivity contribution >= 4 is 11.6 Å². The molecule has 0 aliphatic carbocycles. The number of hydrogen-bond donors (Lipinski definition) is 2. The first-order valence-electron chi connectivity index (χ1n) is 7.23. The maximum absolute atomic E-state index is 12.0. The number of carbonyl (C=O) groups excluding carboxylic acids is 1. The van der Waals surface area contributed by atoms with Crippen LogP contribution >= 0.6 is 0 Å². The van der Waals surface area contributed by atoms with Crippen molar-refractivity contribution in [3.05, 3.63) is 23.8 Å². The van der Waals surface area contributed by atoms with Crippen LogP contribution in [0.5, 0.6) is 5.75 Å². The molecule has 1 aliphatic rings. The summed E-state index contributed by atoms with van der Waals surface area (Å²) >= 11 is 0. The second kappa shape index (κ2) is 7.14. The number of likely N-dealkylation sites (tertiary alicyclic amines) is 1. The molecule has 1 fully saturated rings. The average molecular weight is 277 g/mol. The van der Waals surface area contributed by atoms with Crippen molar-refractivity contribution in [1.82, 2.24) is 10.2 Å². The third-order valence-corrected chi connectivity index (χ3v) is 3.48. The van der Waals surface area contributed by atoms with Crippen LogP contribution in [0, 0.1) is 0 Å². The van der Waals surface area contributed by atoms with Gasteiger partial charge in [-0.3, -0.25) is 4.79 Å². The van der Waals surface area contributed by atoms with Gasteiger partial charge in [-0.05, 0) is 51.1 Å². The monoisotopic (exact) mass is 277 g/mol. The van der Waals surface area contributed by atoms with Gasteiger partial charge in [-0.1, -0.05) is 0 Å². The van der Waals surface area contributed by atoms with E-state index in [4.69, 9.17) is 10.5 Å². The van der Waals surface area contributed by atoms with Gasteiger partial charge in [-0.15, -0.1) is 0 Å². The number of hydrogen-bond acceptors (Lipinski definition) is 4. The maximum atomic E-state index is 12.0. The fraction of sp³-hybridized carbons (Fsp3) is 0.533. The summed E-state index contributed by atoms with van der Waals surface area (Å²) in [6, 6.07) is 5.15. The minimum absolute atomic E-state index is 0.0843. The Hall–Kier alpha value is -1.75. The van der Waals surface area contributed by atoms with Crippen LogP contribution in [0.15, 0.2) is 18.2 Å². The molecule has 1 aromatic rings. The van der Waals surface area contributed by atoms with Crippen LogP contribution in [0.4, 0.5) is 5.69 Å². The summed E-state index contributed by atoms with van der Waals surface area (Å²) in [4.78, 5) is 14.4. The standard InChI is InChI=1S/C15H23N3O2/c1-2-20-14-6-5-12(11-13(14)16)15(19)17-7-10-18-8-3-4-9-18/h5-6,11H,2-4,7-10,16H2,1H3,(H,17,19). The first kappa shape index (κ1) is 14.7. The molecule has 5 nitrogen and oxygen atoms in total. The lowest BCUT2D eigenvalue weighted by molar-refractivity contribution is 0.0950. The van der Waals surface area contributed by atoms with Crippen LogP contribution < -0.4 is 15.8 Å². The molecule has 1 aliphatic heterocycles. The second-order valence-corrected chi connectivity index (χ2v) is 4.99. The summed E-state index contributed by atoms with van der Waals surface area (Å²) in [5, 5.41) is 2.93. The fourth-order valence-corrected chi connectivity index (χ4v) is 2.41. The van der Waals surface area contributed by atoms with Gasteiger partial charge in [-0.25, -0.2) is 0 Å². The highest BCUT2D eigenvalue weighted by atomic mass is 16.5. The molecule has 0 saturated carbocycles. The molecule has 20 heavy (non-hydrogen) atoms. The predicted octanol–water partition coefficient (Wildman–Crippen LogP) is 1.49. The minimum Gasteiger partial charge on any atom is -0.492 e. The lowest BCUT2D eigenvalue weighted by Crippen LogP contribution is -2.33. The van der Waals surface area contributed by atoms with Gasteiger partial charge >= 0.3 is 0 Å². The Morgan fingerprint density at radius 3 is 2.80 bits per heavy atom. The molecule has 0 atom stereocenters. The van der Waals surface area contributed by atoms with E-state index in [0.717, 1.165) is 19.6 Å². The molecule has 1 saturated heterocycles. The zero-order valence-electron chi connectivity index (χ0n) is 12.0. The zero-order chi connectivity index (χ0) is 14.4. The quantitative estimate of drug-likeness (QED) is 0.773. The van der Waals surface area contributed by atoms with Crippen molar-refractivity contribution in [2.24, 2.45) is 0 Å². The van der Waals surface area contributed by atoms with E-state index in [9.17, 15) is 4.79 Å². The molecule has 3 N–H and O–H groups in total. The normalized spacial score (nSPS) is 15.2. The van der Waals surface area contributed by atoms with Crippen LogP contribution in [0.25, 0.3) is 0 Å². The summed E-state index contributed by atoms with van der Waals surface area (Å²) in [5.74, 6) is 0.542. The molecule has 2 rings (SSSR count). The Bertz CT molecular complexity index is 456.